The molecular formula is C17H22N2O2. The predicted molar refractivity (Wildman–Crippen MR) is 83.4 cm³/mol. The lowest BCUT2D eigenvalue weighted by Gasteiger charge is -2.19. The summed E-state index contributed by atoms with van der Waals surface area (Å²) in [5.41, 5.74) is 1.61. The average Bonchev–Trinajstić information content (AvgIpc) is 2.81. The first-order chi connectivity index (χ1) is 10.3. The number of ether oxygens (including phenoxy) is 1. The number of aromatic nitrogens is 1. The molecule has 1 aliphatic rings. The Morgan fingerprint density at radius 1 is 1.29 bits per heavy atom. The molecule has 112 valence electrons. The SMILES string of the molecule is CN[C@H]1CCCC[C@H](OC(=O)c2c[nH]c3ccccc23)C1. The van der Waals surface area contributed by atoms with Crippen LogP contribution in [0.3, 0.4) is 0 Å². The van der Waals surface area contributed by atoms with Crippen molar-refractivity contribution in [3.8, 4) is 0 Å². The molecule has 0 saturated heterocycles. The van der Waals surface area contributed by atoms with Crippen LogP contribution in [0, 0.1) is 0 Å². The van der Waals surface area contributed by atoms with E-state index >= 15 is 0 Å². The smallest absolute Gasteiger partial charge is 0.340 e. The molecule has 2 aromatic rings. The maximum absolute atomic E-state index is 12.4. The topological polar surface area (TPSA) is 54.1 Å². The van der Waals surface area contributed by atoms with E-state index in [1.165, 1.54) is 6.42 Å². The predicted octanol–water partition coefficient (Wildman–Crippen LogP) is 3.25. The molecule has 4 nitrogen and oxygen atoms in total. The van der Waals surface area contributed by atoms with Crippen LogP contribution < -0.4 is 5.32 Å². The normalized spacial score (nSPS) is 22.9. The Hall–Kier alpha value is -1.81. The fraction of sp³-hybridized carbons (Fsp3) is 0.471. The number of para-hydroxylation sites is 1. The van der Waals surface area contributed by atoms with Gasteiger partial charge in [0.15, 0.2) is 0 Å². The lowest BCUT2D eigenvalue weighted by Crippen LogP contribution is -2.30. The highest BCUT2D eigenvalue weighted by Gasteiger charge is 2.23. The van der Waals surface area contributed by atoms with Gasteiger partial charge >= 0.3 is 5.97 Å². The van der Waals surface area contributed by atoms with Gasteiger partial charge in [0, 0.05) is 23.1 Å². The van der Waals surface area contributed by atoms with Crippen LogP contribution in [-0.2, 0) is 4.74 Å². The average molecular weight is 286 g/mol. The number of esters is 1. The van der Waals surface area contributed by atoms with Crippen LogP contribution in [0.15, 0.2) is 30.5 Å². The highest BCUT2D eigenvalue weighted by Crippen LogP contribution is 2.24. The first-order valence-electron chi connectivity index (χ1n) is 7.72. The third-order valence-corrected chi connectivity index (χ3v) is 4.37. The second kappa shape index (κ2) is 6.31. The van der Waals surface area contributed by atoms with E-state index in [2.05, 4.69) is 10.3 Å². The minimum atomic E-state index is -0.214. The number of hydrogen-bond donors (Lipinski definition) is 2. The Balaban J connectivity index is 1.73. The summed E-state index contributed by atoms with van der Waals surface area (Å²) < 4.78 is 5.76. The number of carbonyl (C=O) groups is 1. The summed E-state index contributed by atoms with van der Waals surface area (Å²) >= 11 is 0. The molecule has 2 N–H and O–H groups in total. The standard InChI is InChI=1S/C17H22N2O2/c1-18-12-6-2-3-7-13(10-12)21-17(20)15-11-19-16-9-5-4-8-14(15)16/h4-5,8-9,11-13,18-19H,2-3,6-7,10H2,1H3/t12-,13-/m0/s1. The summed E-state index contributed by atoms with van der Waals surface area (Å²) in [6.45, 7) is 0. The van der Waals surface area contributed by atoms with Gasteiger partial charge in [-0.2, -0.15) is 0 Å². The number of nitrogens with one attached hydrogen (secondary N) is 2. The van der Waals surface area contributed by atoms with Crippen molar-refractivity contribution in [3.05, 3.63) is 36.0 Å². The number of hydrogen-bond acceptors (Lipinski definition) is 3. The minimum Gasteiger partial charge on any atom is -0.459 e. The van der Waals surface area contributed by atoms with E-state index in [0.717, 1.165) is 36.6 Å². The van der Waals surface area contributed by atoms with Crippen LogP contribution in [-0.4, -0.2) is 30.1 Å². The Bertz CT molecular complexity index is 620. The maximum atomic E-state index is 12.4. The highest BCUT2D eigenvalue weighted by atomic mass is 16.5. The van der Waals surface area contributed by atoms with Gasteiger partial charge in [0.1, 0.15) is 6.10 Å². The molecule has 1 heterocycles. The van der Waals surface area contributed by atoms with E-state index < -0.39 is 0 Å². The molecular weight excluding hydrogens is 264 g/mol. The van der Waals surface area contributed by atoms with Crippen LogP contribution in [0.25, 0.3) is 10.9 Å². The second-order valence-electron chi connectivity index (χ2n) is 5.78. The third kappa shape index (κ3) is 3.10. The molecule has 1 aromatic carbocycles. The lowest BCUT2D eigenvalue weighted by atomic mass is 10.1. The molecule has 0 spiro atoms. The number of H-pyrrole nitrogens is 1. The van der Waals surface area contributed by atoms with E-state index in [1.807, 2.05) is 31.3 Å². The Kier molecular flexibility index (Phi) is 4.25. The summed E-state index contributed by atoms with van der Waals surface area (Å²) in [6.07, 6.45) is 7.14. The van der Waals surface area contributed by atoms with Gasteiger partial charge in [0.25, 0.3) is 0 Å². The molecule has 1 aliphatic carbocycles. The summed E-state index contributed by atoms with van der Waals surface area (Å²) in [6, 6.07) is 8.26. The molecule has 2 atom stereocenters. The fourth-order valence-corrected chi connectivity index (χ4v) is 3.14. The minimum absolute atomic E-state index is 0.0195. The van der Waals surface area contributed by atoms with E-state index in [9.17, 15) is 4.79 Å². The zero-order valence-corrected chi connectivity index (χ0v) is 12.4. The molecule has 4 heteroatoms. The molecule has 1 fully saturated rings. The Labute approximate surface area is 124 Å². The van der Waals surface area contributed by atoms with Gasteiger partial charge in [-0.3, -0.25) is 0 Å². The number of aromatic amines is 1. The van der Waals surface area contributed by atoms with Crippen molar-refractivity contribution in [1.29, 1.82) is 0 Å². The van der Waals surface area contributed by atoms with Gasteiger partial charge in [0.2, 0.25) is 0 Å². The summed E-state index contributed by atoms with van der Waals surface area (Å²) in [5.74, 6) is -0.214. The molecule has 21 heavy (non-hydrogen) atoms. The number of benzene rings is 1. The second-order valence-corrected chi connectivity index (χ2v) is 5.78. The molecule has 0 radical (unpaired) electrons. The monoisotopic (exact) mass is 286 g/mol. The van der Waals surface area contributed by atoms with Crippen LogP contribution in [0.1, 0.15) is 42.5 Å². The molecule has 0 aliphatic heterocycles. The Morgan fingerprint density at radius 2 is 2.10 bits per heavy atom. The molecule has 3 rings (SSSR count). The van der Waals surface area contributed by atoms with Crippen molar-refractivity contribution >= 4 is 16.9 Å². The maximum Gasteiger partial charge on any atom is 0.340 e. The van der Waals surface area contributed by atoms with Gasteiger partial charge in [-0.25, -0.2) is 4.79 Å². The van der Waals surface area contributed by atoms with Crippen LogP contribution >= 0.6 is 0 Å². The number of rotatable bonds is 3. The molecule has 0 unspecified atom stereocenters. The molecule has 1 saturated carbocycles. The first kappa shape index (κ1) is 14.1. The van der Waals surface area contributed by atoms with Crippen molar-refractivity contribution in [2.75, 3.05) is 7.05 Å². The van der Waals surface area contributed by atoms with Gasteiger partial charge < -0.3 is 15.0 Å². The van der Waals surface area contributed by atoms with E-state index in [4.69, 9.17) is 4.74 Å². The Morgan fingerprint density at radius 3 is 2.95 bits per heavy atom. The molecule has 1 aromatic heterocycles. The van der Waals surface area contributed by atoms with Gasteiger partial charge in [-0.05, 0) is 38.8 Å². The largest absolute Gasteiger partial charge is 0.459 e. The van der Waals surface area contributed by atoms with Crippen LogP contribution in [0.2, 0.25) is 0 Å². The van der Waals surface area contributed by atoms with Crippen molar-refractivity contribution in [2.45, 2.75) is 44.2 Å². The quantitative estimate of drug-likeness (QED) is 0.672. The zero-order valence-electron chi connectivity index (χ0n) is 12.4. The molecule has 0 amide bonds. The summed E-state index contributed by atoms with van der Waals surface area (Å²) in [5, 5.41) is 4.25. The number of fused-ring (bicyclic) bond motifs is 1. The summed E-state index contributed by atoms with van der Waals surface area (Å²) in [4.78, 5) is 15.6. The fourth-order valence-electron chi connectivity index (χ4n) is 3.14. The first-order valence-corrected chi connectivity index (χ1v) is 7.72. The summed E-state index contributed by atoms with van der Waals surface area (Å²) in [7, 11) is 1.98. The van der Waals surface area contributed by atoms with Crippen molar-refractivity contribution in [1.82, 2.24) is 10.3 Å². The lowest BCUT2D eigenvalue weighted by molar-refractivity contribution is 0.0254. The van der Waals surface area contributed by atoms with Gasteiger partial charge in [0.05, 0.1) is 5.56 Å². The van der Waals surface area contributed by atoms with Crippen LogP contribution in [0.5, 0.6) is 0 Å². The van der Waals surface area contributed by atoms with Crippen LogP contribution in [0.4, 0.5) is 0 Å². The van der Waals surface area contributed by atoms with Gasteiger partial charge in [-0.1, -0.05) is 24.6 Å². The van der Waals surface area contributed by atoms with Crippen molar-refractivity contribution in [3.63, 3.8) is 0 Å². The zero-order chi connectivity index (χ0) is 14.7. The van der Waals surface area contributed by atoms with E-state index in [-0.39, 0.29) is 12.1 Å². The van der Waals surface area contributed by atoms with Crippen molar-refractivity contribution in [2.24, 2.45) is 0 Å². The van der Waals surface area contributed by atoms with Gasteiger partial charge in [-0.15, -0.1) is 0 Å². The van der Waals surface area contributed by atoms with E-state index in [0.29, 0.717) is 11.6 Å². The van der Waals surface area contributed by atoms with E-state index in [1.54, 1.807) is 6.20 Å². The number of carbonyl (C=O) groups excluding carboxylic acids is 1. The third-order valence-electron chi connectivity index (χ3n) is 4.37. The molecule has 0 bridgehead atoms. The highest BCUT2D eigenvalue weighted by molar-refractivity contribution is 6.04. The van der Waals surface area contributed by atoms with Crippen molar-refractivity contribution < 1.29 is 9.53 Å².